The van der Waals surface area contributed by atoms with E-state index in [-0.39, 0.29) is 27.9 Å². The molecule has 1 aromatic carbocycles. The van der Waals surface area contributed by atoms with Crippen LogP contribution in [-0.2, 0) is 14.8 Å². The molecule has 1 rings (SSSR count). The van der Waals surface area contributed by atoms with Crippen LogP contribution >= 0.6 is 23.8 Å². The normalized spacial score (nSPS) is 11.3. The van der Waals surface area contributed by atoms with Crippen LogP contribution in [0.5, 0.6) is 0 Å². The smallest absolute Gasteiger partial charge is 0.240 e. The van der Waals surface area contributed by atoms with Gasteiger partial charge in [0.25, 0.3) is 0 Å². The lowest BCUT2D eigenvalue weighted by Gasteiger charge is -2.08. The number of amides is 1. The van der Waals surface area contributed by atoms with E-state index in [1.807, 2.05) is 0 Å². The molecule has 116 valence electrons. The van der Waals surface area contributed by atoms with Gasteiger partial charge in [-0.3, -0.25) is 4.79 Å². The van der Waals surface area contributed by atoms with E-state index < -0.39 is 15.9 Å². The van der Waals surface area contributed by atoms with Crippen LogP contribution in [0, 0.1) is 0 Å². The molecule has 0 unspecified atom stereocenters. The molecule has 0 aliphatic rings. The Balaban J connectivity index is 2.68. The van der Waals surface area contributed by atoms with Crippen LogP contribution in [0.1, 0.15) is 24.8 Å². The number of thiocarbonyl (C=S) groups is 1. The third-order valence-electron chi connectivity index (χ3n) is 2.66. The first-order valence-electron chi connectivity index (χ1n) is 6.11. The topological polar surface area (TPSA) is 115 Å². The zero-order chi connectivity index (χ0) is 16.0. The summed E-state index contributed by atoms with van der Waals surface area (Å²) in [6.07, 6.45) is 1.27. The molecule has 1 amide bonds. The van der Waals surface area contributed by atoms with Gasteiger partial charge in [0, 0.05) is 18.5 Å². The van der Waals surface area contributed by atoms with E-state index in [0.717, 1.165) is 0 Å². The highest BCUT2D eigenvalue weighted by molar-refractivity contribution is 7.89. The molecule has 0 atom stereocenters. The monoisotopic (exact) mass is 349 g/mol. The molecule has 0 heterocycles. The zero-order valence-corrected chi connectivity index (χ0v) is 13.5. The number of benzene rings is 1. The third-order valence-corrected chi connectivity index (χ3v) is 4.65. The summed E-state index contributed by atoms with van der Waals surface area (Å²) in [4.78, 5) is 10.7. The molecular weight excluding hydrogens is 334 g/mol. The van der Waals surface area contributed by atoms with Gasteiger partial charge in [0.1, 0.15) is 4.99 Å². The van der Waals surface area contributed by atoms with Crippen molar-refractivity contribution in [2.24, 2.45) is 11.5 Å². The first kappa shape index (κ1) is 17.8. The van der Waals surface area contributed by atoms with Crippen LogP contribution in [-0.4, -0.2) is 25.9 Å². The predicted molar refractivity (Wildman–Crippen MR) is 85.6 cm³/mol. The second-order valence-electron chi connectivity index (χ2n) is 4.33. The Morgan fingerprint density at radius 2 is 1.95 bits per heavy atom. The molecular formula is C12H16ClN3O3S2. The van der Waals surface area contributed by atoms with Crippen molar-refractivity contribution in [3.63, 3.8) is 0 Å². The number of sulfonamides is 1. The number of rotatable bonds is 8. The van der Waals surface area contributed by atoms with Crippen LogP contribution < -0.4 is 16.2 Å². The standard InChI is InChI=1S/C12H16ClN3O3S2/c13-10-7-8(4-5-9(10)12(15)20)21(18,19)16-6-2-1-3-11(14)17/h4-5,7,16H,1-3,6H2,(H2,14,17)(H2,15,20). The van der Waals surface area contributed by atoms with Crippen molar-refractivity contribution >= 4 is 44.7 Å². The molecule has 9 heteroatoms. The first-order valence-corrected chi connectivity index (χ1v) is 8.38. The molecule has 0 aromatic heterocycles. The fraction of sp³-hybridized carbons (Fsp3) is 0.333. The van der Waals surface area contributed by atoms with Gasteiger partial charge in [0.15, 0.2) is 0 Å². The van der Waals surface area contributed by atoms with E-state index >= 15 is 0 Å². The van der Waals surface area contributed by atoms with Gasteiger partial charge >= 0.3 is 0 Å². The maximum atomic E-state index is 12.0. The van der Waals surface area contributed by atoms with E-state index in [1.54, 1.807) is 0 Å². The summed E-state index contributed by atoms with van der Waals surface area (Å²) in [5.74, 6) is -0.405. The van der Waals surface area contributed by atoms with Gasteiger partial charge in [0.2, 0.25) is 15.9 Å². The fourth-order valence-corrected chi connectivity index (χ4v) is 3.26. The Labute approximate surface area is 133 Å². The van der Waals surface area contributed by atoms with Gasteiger partial charge in [-0.25, -0.2) is 13.1 Å². The lowest BCUT2D eigenvalue weighted by atomic mass is 10.2. The van der Waals surface area contributed by atoms with Gasteiger partial charge in [-0.05, 0) is 31.0 Å². The molecule has 0 saturated carbocycles. The molecule has 0 bridgehead atoms. The van der Waals surface area contributed by atoms with Crippen molar-refractivity contribution in [3.8, 4) is 0 Å². The number of carbonyl (C=O) groups excluding carboxylic acids is 1. The van der Waals surface area contributed by atoms with E-state index in [9.17, 15) is 13.2 Å². The molecule has 6 nitrogen and oxygen atoms in total. The fourth-order valence-electron chi connectivity index (χ4n) is 1.58. The zero-order valence-electron chi connectivity index (χ0n) is 11.1. The summed E-state index contributed by atoms with van der Waals surface area (Å²) in [6.45, 7) is 0.213. The van der Waals surface area contributed by atoms with Gasteiger partial charge < -0.3 is 11.5 Å². The molecule has 0 radical (unpaired) electrons. The molecule has 0 saturated heterocycles. The van der Waals surface area contributed by atoms with Gasteiger partial charge in [-0.1, -0.05) is 23.8 Å². The van der Waals surface area contributed by atoms with Crippen LogP contribution in [0.2, 0.25) is 5.02 Å². The van der Waals surface area contributed by atoms with E-state index in [1.165, 1.54) is 18.2 Å². The van der Waals surface area contributed by atoms with Gasteiger partial charge in [0.05, 0.1) is 9.92 Å². The van der Waals surface area contributed by atoms with Crippen molar-refractivity contribution in [1.29, 1.82) is 0 Å². The van der Waals surface area contributed by atoms with E-state index in [4.69, 9.17) is 35.3 Å². The number of primary amides is 1. The van der Waals surface area contributed by atoms with Crippen molar-refractivity contribution in [3.05, 3.63) is 28.8 Å². The van der Waals surface area contributed by atoms with Crippen molar-refractivity contribution in [2.45, 2.75) is 24.2 Å². The molecule has 0 spiro atoms. The average Bonchev–Trinajstić information content (AvgIpc) is 2.37. The summed E-state index contributed by atoms with van der Waals surface area (Å²) in [6, 6.07) is 4.14. The van der Waals surface area contributed by atoms with Crippen LogP contribution in [0.15, 0.2) is 23.1 Å². The molecule has 0 aliphatic heterocycles. The van der Waals surface area contributed by atoms with E-state index in [2.05, 4.69) is 4.72 Å². The maximum Gasteiger partial charge on any atom is 0.240 e. The quantitative estimate of drug-likeness (QED) is 0.476. The Morgan fingerprint density at radius 1 is 1.29 bits per heavy atom. The Bertz CT molecular complexity index is 647. The number of halogens is 1. The number of unbranched alkanes of at least 4 members (excludes halogenated alkanes) is 1. The minimum atomic E-state index is -3.66. The largest absolute Gasteiger partial charge is 0.389 e. The lowest BCUT2D eigenvalue weighted by Crippen LogP contribution is -2.25. The van der Waals surface area contributed by atoms with Crippen LogP contribution in [0.4, 0.5) is 0 Å². The Kier molecular flexibility index (Phi) is 6.53. The van der Waals surface area contributed by atoms with Crippen molar-refractivity contribution in [2.75, 3.05) is 6.54 Å². The summed E-state index contributed by atoms with van der Waals surface area (Å²) in [5, 5.41) is 0.180. The molecule has 5 N–H and O–H groups in total. The summed E-state index contributed by atoms with van der Waals surface area (Å²) < 4.78 is 26.5. The third kappa shape index (κ3) is 5.58. The Hall–Kier alpha value is -1.22. The summed E-state index contributed by atoms with van der Waals surface area (Å²) >= 11 is 10.7. The molecule has 1 aromatic rings. The van der Waals surface area contributed by atoms with E-state index in [0.29, 0.717) is 18.4 Å². The number of nitrogens with two attached hydrogens (primary N) is 2. The highest BCUT2D eigenvalue weighted by atomic mass is 35.5. The number of nitrogens with one attached hydrogen (secondary N) is 1. The minimum Gasteiger partial charge on any atom is -0.389 e. The lowest BCUT2D eigenvalue weighted by molar-refractivity contribution is -0.118. The number of carbonyl (C=O) groups is 1. The Morgan fingerprint density at radius 3 is 2.48 bits per heavy atom. The highest BCUT2D eigenvalue weighted by Gasteiger charge is 2.15. The predicted octanol–water partition coefficient (Wildman–Crippen LogP) is 0.908. The highest BCUT2D eigenvalue weighted by Crippen LogP contribution is 2.20. The first-order chi connectivity index (χ1) is 9.74. The van der Waals surface area contributed by atoms with Crippen molar-refractivity contribution < 1.29 is 13.2 Å². The van der Waals surface area contributed by atoms with Gasteiger partial charge in [-0.2, -0.15) is 0 Å². The van der Waals surface area contributed by atoms with Crippen LogP contribution in [0.3, 0.4) is 0 Å². The minimum absolute atomic E-state index is 0.0300. The summed E-state index contributed by atoms with van der Waals surface area (Å²) in [5.41, 5.74) is 10.9. The second kappa shape index (κ2) is 7.69. The van der Waals surface area contributed by atoms with Crippen LogP contribution in [0.25, 0.3) is 0 Å². The second-order valence-corrected chi connectivity index (χ2v) is 6.94. The van der Waals surface area contributed by atoms with Gasteiger partial charge in [-0.15, -0.1) is 0 Å². The number of hydrogen-bond donors (Lipinski definition) is 3. The molecule has 0 aliphatic carbocycles. The molecule has 21 heavy (non-hydrogen) atoms. The average molecular weight is 350 g/mol. The molecule has 0 fully saturated rings. The maximum absolute atomic E-state index is 12.0. The SMILES string of the molecule is NC(=O)CCCCNS(=O)(=O)c1ccc(C(N)=S)c(Cl)c1. The number of hydrogen-bond acceptors (Lipinski definition) is 4. The summed E-state index contributed by atoms with van der Waals surface area (Å²) in [7, 11) is -3.66. The van der Waals surface area contributed by atoms with Crippen molar-refractivity contribution in [1.82, 2.24) is 4.72 Å².